The molecule has 0 saturated carbocycles. The summed E-state index contributed by atoms with van der Waals surface area (Å²) >= 11 is 0. The highest BCUT2D eigenvalue weighted by molar-refractivity contribution is 5.78. The Bertz CT molecular complexity index is 447. The summed E-state index contributed by atoms with van der Waals surface area (Å²) in [5.74, 6) is -2.41. The fourth-order valence-corrected chi connectivity index (χ4v) is 1.84. The molecule has 0 radical (unpaired) electrons. The van der Waals surface area contributed by atoms with E-state index in [1.54, 1.807) is 6.92 Å². The van der Waals surface area contributed by atoms with E-state index in [0.29, 0.717) is 6.42 Å². The van der Waals surface area contributed by atoms with Crippen molar-refractivity contribution < 1.29 is 18.7 Å². The second kappa shape index (κ2) is 6.61. The van der Waals surface area contributed by atoms with Gasteiger partial charge in [0.1, 0.15) is 0 Å². The Morgan fingerprint density at radius 1 is 1.42 bits per heavy atom. The molecule has 106 valence electrons. The molecule has 0 aliphatic carbocycles. The van der Waals surface area contributed by atoms with Crippen molar-refractivity contribution in [1.82, 2.24) is 5.32 Å². The number of carbonyl (C=O) groups is 1. The van der Waals surface area contributed by atoms with E-state index in [4.69, 9.17) is 0 Å². The van der Waals surface area contributed by atoms with Gasteiger partial charge in [-0.25, -0.2) is 8.78 Å². The molecule has 1 unspecified atom stereocenters. The van der Waals surface area contributed by atoms with Gasteiger partial charge in [0.25, 0.3) is 0 Å². The highest BCUT2D eigenvalue weighted by Gasteiger charge is 2.20. The van der Waals surface area contributed by atoms with Crippen LogP contribution in [0, 0.1) is 11.6 Å². The van der Waals surface area contributed by atoms with Gasteiger partial charge in [-0.3, -0.25) is 4.79 Å². The molecule has 2 N–H and O–H groups in total. The minimum absolute atomic E-state index is 0.00707. The normalized spacial score (nSPS) is 13.9. The van der Waals surface area contributed by atoms with Gasteiger partial charge >= 0.3 is 0 Å². The number of hydrogen-bond acceptors (Lipinski definition) is 2. The van der Waals surface area contributed by atoms with Crippen LogP contribution < -0.4 is 5.32 Å². The average molecular weight is 271 g/mol. The Balaban J connectivity index is 2.54. The quantitative estimate of drug-likeness (QED) is 0.833. The van der Waals surface area contributed by atoms with Crippen LogP contribution in [0.4, 0.5) is 8.78 Å². The molecule has 0 heterocycles. The Morgan fingerprint density at radius 2 is 2.11 bits per heavy atom. The fourth-order valence-electron chi connectivity index (χ4n) is 1.84. The van der Waals surface area contributed by atoms with Gasteiger partial charge in [0, 0.05) is 12.1 Å². The molecular weight excluding hydrogens is 252 g/mol. The first-order chi connectivity index (χ1) is 8.85. The van der Waals surface area contributed by atoms with Crippen molar-refractivity contribution >= 4 is 5.91 Å². The number of benzene rings is 1. The highest BCUT2D eigenvalue weighted by Crippen LogP contribution is 2.13. The molecule has 0 saturated heterocycles. The predicted molar refractivity (Wildman–Crippen MR) is 68.6 cm³/mol. The molecule has 0 aromatic heterocycles. The first kappa shape index (κ1) is 15.6. The molecule has 0 bridgehead atoms. The van der Waals surface area contributed by atoms with Crippen LogP contribution in [0.2, 0.25) is 0 Å². The monoisotopic (exact) mass is 271 g/mol. The largest absolute Gasteiger partial charge is 0.388 e. The third-order valence-electron chi connectivity index (χ3n) is 2.84. The van der Waals surface area contributed by atoms with E-state index in [1.807, 2.05) is 6.92 Å². The van der Waals surface area contributed by atoms with E-state index in [-0.39, 0.29) is 18.5 Å². The van der Waals surface area contributed by atoms with Gasteiger partial charge in [-0.1, -0.05) is 25.5 Å². The number of carbonyl (C=O) groups excluding carboxylic acids is 1. The van der Waals surface area contributed by atoms with Crippen molar-refractivity contribution in [3.8, 4) is 0 Å². The Morgan fingerprint density at radius 3 is 2.74 bits per heavy atom. The molecule has 1 aromatic carbocycles. The predicted octanol–water partition coefficient (Wildman–Crippen LogP) is 2.17. The Labute approximate surface area is 111 Å². The average Bonchev–Trinajstić information content (AvgIpc) is 2.33. The number of halogens is 2. The van der Waals surface area contributed by atoms with Crippen molar-refractivity contribution in [3.63, 3.8) is 0 Å². The maximum Gasteiger partial charge on any atom is 0.224 e. The van der Waals surface area contributed by atoms with Gasteiger partial charge < -0.3 is 10.4 Å². The lowest BCUT2D eigenvalue weighted by Gasteiger charge is -2.22. The van der Waals surface area contributed by atoms with E-state index in [0.717, 1.165) is 12.5 Å². The summed E-state index contributed by atoms with van der Waals surface area (Å²) in [6.45, 7) is 3.65. The second-order valence-corrected chi connectivity index (χ2v) is 4.91. The molecular formula is C14H19F2NO2. The molecule has 0 aliphatic heterocycles. The minimum atomic E-state index is -1.00. The zero-order valence-electron chi connectivity index (χ0n) is 11.2. The Hall–Kier alpha value is -1.49. The van der Waals surface area contributed by atoms with Crippen LogP contribution in [-0.2, 0) is 11.2 Å². The van der Waals surface area contributed by atoms with Gasteiger partial charge in [0.2, 0.25) is 5.91 Å². The number of rotatable bonds is 6. The lowest BCUT2D eigenvalue weighted by atomic mass is 10.0. The molecule has 0 spiro atoms. The molecule has 3 nitrogen and oxygen atoms in total. The Kier molecular flexibility index (Phi) is 5.42. The minimum Gasteiger partial charge on any atom is -0.388 e. The molecule has 1 rings (SSSR count). The van der Waals surface area contributed by atoms with Gasteiger partial charge in [-0.05, 0) is 19.4 Å². The molecule has 1 aromatic rings. The van der Waals surface area contributed by atoms with Crippen molar-refractivity contribution in [2.24, 2.45) is 0 Å². The molecule has 1 amide bonds. The lowest BCUT2D eigenvalue weighted by Crippen LogP contribution is -2.41. The lowest BCUT2D eigenvalue weighted by molar-refractivity contribution is -0.121. The zero-order valence-corrected chi connectivity index (χ0v) is 11.2. The number of nitrogens with one attached hydrogen (secondary N) is 1. The maximum atomic E-state index is 13.4. The summed E-state index contributed by atoms with van der Waals surface area (Å²) in [7, 11) is 0. The molecule has 19 heavy (non-hydrogen) atoms. The first-order valence-electron chi connectivity index (χ1n) is 6.27. The summed E-state index contributed by atoms with van der Waals surface area (Å²) in [5, 5.41) is 12.4. The SMILES string of the molecule is CCCC(C)(O)CNC(=O)Cc1cccc(F)c1F. The van der Waals surface area contributed by atoms with Crippen molar-refractivity contribution in [2.45, 2.75) is 38.7 Å². The first-order valence-corrected chi connectivity index (χ1v) is 6.27. The van der Waals surface area contributed by atoms with Gasteiger partial charge in [0.05, 0.1) is 12.0 Å². The van der Waals surface area contributed by atoms with Crippen LogP contribution in [0.5, 0.6) is 0 Å². The fraction of sp³-hybridized carbons (Fsp3) is 0.500. The number of amides is 1. The number of hydrogen-bond donors (Lipinski definition) is 2. The zero-order chi connectivity index (χ0) is 14.5. The van der Waals surface area contributed by atoms with Crippen molar-refractivity contribution in [2.75, 3.05) is 6.54 Å². The molecule has 0 fully saturated rings. The summed E-state index contributed by atoms with van der Waals surface area (Å²) in [6.07, 6.45) is 1.11. The van der Waals surface area contributed by atoms with Crippen LogP contribution in [0.25, 0.3) is 0 Å². The van der Waals surface area contributed by atoms with E-state index in [2.05, 4.69) is 5.32 Å². The van der Waals surface area contributed by atoms with E-state index < -0.39 is 23.1 Å². The van der Waals surface area contributed by atoms with Gasteiger partial charge in [-0.2, -0.15) is 0 Å². The number of aliphatic hydroxyl groups is 1. The van der Waals surface area contributed by atoms with E-state index in [9.17, 15) is 18.7 Å². The smallest absolute Gasteiger partial charge is 0.224 e. The second-order valence-electron chi connectivity index (χ2n) is 4.91. The topological polar surface area (TPSA) is 49.3 Å². The summed E-state index contributed by atoms with van der Waals surface area (Å²) in [4.78, 5) is 11.6. The van der Waals surface area contributed by atoms with E-state index >= 15 is 0 Å². The van der Waals surface area contributed by atoms with Crippen molar-refractivity contribution in [1.29, 1.82) is 0 Å². The summed E-state index contributed by atoms with van der Waals surface area (Å²) in [6, 6.07) is 3.72. The van der Waals surface area contributed by atoms with Crippen LogP contribution in [0.15, 0.2) is 18.2 Å². The highest BCUT2D eigenvalue weighted by atomic mass is 19.2. The third kappa shape index (κ3) is 4.95. The van der Waals surface area contributed by atoms with Crippen molar-refractivity contribution in [3.05, 3.63) is 35.4 Å². The summed E-state index contributed by atoms with van der Waals surface area (Å²) < 4.78 is 26.3. The van der Waals surface area contributed by atoms with Gasteiger partial charge in [-0.15, -0.1) is 0 Å². The third-order valence-corrected chi connectivity index (χ3v) is 2.84. The maximum absolute atomic E-state index is 13.4. The van der Waals surface area contributed by atoms with Crippen LogP contribution in [0.1, 0.15) is 32.3 Å². The molecule has 1 atom stereocenters. The van der Waals surface area contributed by atoms with Crippen LogP contribution in [-0.4, -0.2) is 23.2 Å². The standard InChI is InChI=1S/C14H19F2NO2/c1-3-7-14(2,19)9-17-12(18)8-10-5-4-6-11(15)13(10)16/h4-6,19H,3,7-9H2,1-2H3,(H,17,18). The molecule has 5 heteroatoms. The van der Waals surface area contributed by atoms with Gasteiger partial charge in [0.15, 0.2) is 11.6 Å². The summed E-state index contributed by atoms with van der Waals surface area (Å²) in [5.41, 5.74) is -0.974. The van der Waals surface area contributed by atoms with E-state index in [1.165, 1.54) is 12.1 Å². The van der Waals surface area contributed by atoms with Crippen LogP contribution in [0.3, 0.4) is 0 Å². The van der Waals surface area contributed by atoms with Crippen LogP contribution >= 0.6 is 0 Å². The molecule has 0 aliphatic rings.